The average molecular weight is 323 g/mol. The quantitative estimate of drug-likeness (QED) is 0.907. The number of rotatable bonds is 3. The first-order valence-electron chi connectivity index (χ1n) is 7.58. The van der Waals surface area contributed by atoms with Gasteiger partial charge in [-0.25, -0.2) is 17.9 Å². The molecule has 1 saturated carbocycles. The fourth-order valence-electron chi connectivity index (χ4n) is 2.69. The highest BCUT2D eigenvalue weighted by atomic mass is 32.2. The van der Waals surface area contributed by atoms with Crippen LogP contribution in [-0.2, 0) is 10.0 Å². The summed E-state index contributed by atoms with van der Waals surface area (Å²) >= 11 is 0. The Balaban J connectivity index is 1.60. The summed E-state index contributed by atoms with van der Waals surface area (Å²) in [5.74, 6) is 0. The summed E-state index contributed by atoms with van der Waals surface area (Å²) in [5, 5.41) is 0. The highest BCUT2D eigenvalue weighted by molar-refractivity contribution is 7.90. The number of sulfonamides is 1. The van der Waals surface area contributed by atoms with Crippen molar-refractivity contribution in [3.05, 3.63) is 29.8 Å². The summed E-state index contributed by atoms with van der Waals surface area (Å²) in [4.78, 5) is 16.2. The summed E-state index contributed by atoms with van der Waals surface area (Å²) in [6.45, 7) is 4.68. The zero-order chi connectivity index (χ0) is 15.7. The molecule has 1 heterocycles. The van der Waals surface area contributed by atoms with Crippen LogP contribution in [0.25, 0.3) is 0 Å². The second-order valence-electron chi connectivity index (χ2n) is 5.98. The third-order valence-electron chi connectivity index (χ3n) is 4.22. The number of benzene rings is 1. The molecule has 0 atom stereocenters. The molecular weight excluding hydrogens is 302 g/mol. The van der Waals surface area contributed by atoms with E-state index in [1.54, 1.807) is 17.0 Å². The van der Waals surface area contributed by atoms with E-state index >= 15 is 0 Å². The van der Waals surface area contributed by atoms with E-state index in [0.29, 0.717) is 19.1 Å². The summed E-state index contributed by atoms with van der Waals surface area (Å²) in [6.07, 6.45) is 2.49. The molecule has 0 aromatic heterocycles. The largest absolute Gasteiger partial charge is 0.331 e. The lowest BCUT2D eigenvalue weighted by Gasteiger charge is -2.34. The van der Waals surface area contributed by atoms with Crippen molar-refractivity contribution < 1.29 is 13.2 Å². The van der Waals surface area contributed by atoms with Crippen LogP contribution in [-0.4, -0.2) is 56.5 Å². The van der Waals surface area contributed by atoms with Gasteiger partial charge in [0.05, 0.1) is 4.90 Å². The third kappa shape index (κ3) is 3.41. The lowest BCUT2D eigenvalue weighted by molar-refractivity contribution is 0.138. The van der Waals surface area contributed by atoms with Crippen molar-refractivity contribution in [2.75, 3.05) is 26.2 Å². The summed E-state index contributed by atoms with van der Waals surface area (Å²) < 4.78 is 26.6. The minimum atomic E-state index is -3.80. The monoisotopic (exact) mass is 323 g/mol. The molecule has 1 N–H and O–H groups in total. The van der Waals surface area contributed by atoms with Gasteiger partial charge in [0.2, 0.25) is 0 Å². The number of nitrogens with zero attached hydrogens (tertiary/aromatic N) is 2. The van der Waals surface area contributed by atoms with Crippen LogP contribution >= 0.6 is 0 Å². The second kappa shape index (κ2) is 5.89. The maximum absolute atomic E-state index is 12.2. The fourth-order valence-corrected chi connectivity index (χ4v) is 3.66. The second-order valence-corrected chi connectivity index (χ2v) is 7.66. The van der Waals surface area contributed by atoms with E-state index < -0.39 is 16.1 Å². The van der Waals surface area contributed by atoms with Gasteiger partial charge in [0.1, 0.15) is 0 Å². The number of piperazine rings is 1. The van der Waals surface area contributed by atoms with Crippen LogP contribution in [0.5, 0.6) is 0 Å². The first kappa shape index (κ1) is 15.3. The summed E-state index contributed by atoms with van der Waals surface area (Å²) in [5.41, 5.74) is 0.974. The van der Waals surface area contributed by atoms with Crippen LogP contribution in [0.4, 0.5) is 4.79 Å². The molecule has 1 aliphatic carbocycles. The van der Waals surface area contributed by atoms with Crippen LogP contribution in [0, 0.1) is 6.92 Å². The van der Waals surface area contributed by atoms with Crippen molar-refractivity contribution in [2.45, 2.75) is 30.7 Å². The van der Waals surface area contributed by atoms with Crippen LogP contribution in [0.3, 0.4) is 0 Å². The smallest absolute Gasteiger partial charge is 0.321 e. The molecule has 1 aromatic carbocycles. The number of carbonyl (C=O) groups excluding carboxylic acids is 1. The Morgan fingerprint density at radius 2 is 1.68 bits per heavy atom. The van der Waals surface area contributed by atoms with Gasteiger partial charge in [-0.1, -0.05) is 17.7 Å². The van der Waals surface area contributed by atoms with E-state index in [-0.39, 0.29) is 4.90 Å². The third-order valence-corrected chi connectivity index (χ3v) is 5.55. The van der Waals surface area contributed by atoms with Crippen molar-refractivity contribution in [1.29, 1.82) is 0 Å². The molecule has 6 nitrogen and oxygen atoms in total. The topological polar surface area (TPSA) is 69.7 Å². The van der Waals surface area contributed by atoms with Crippen LogP contribution in [0.15, 0.2) is 29.2 Å². The Hall–Kier alpha value is -1.60. The molecular formula is C15H21N3O3S. The number of carbonyl (C=O) groups is 1. The Morgan fingerprint density at radius 3 is 2.23 bits per heavy atom. The minimum absolute atomic E-state index is 0.114. The van der Waals surface area contributed by atoms with Crippen LogP contribution in [0.2, 0.25) is 0 Å². The Labute approximate surface area is 131 Å². The minimum Gasteiger partial charge on any atom is -0.321 e. The maximum Gasteiger partial charge on any atom is 0.331 e. The summed E-state index contributed by atoms with van der Waals surface area (Å²) in [7, 11) is -3.80. The zero-order valence-corrected chi connectivity index (χ0v) is 13.5. The zero-order valence-electron chi connectivity index (χ0n) is 12.7. The maximum atomic E-state index is 12.2. The molecule has 0 radical (unpaired) electrons. The van der Waals surface area contributed by atoms with E-state index in [1.807, 2.05) is 6.92 Å². The van der Waals surface area contributed by atoms with E-state index in [9.17, 15) is 13.2 Å². The van der Waals surface area contributed by atoms with Gasteiger partial charge < -0.3 is 4.90 Å². The van der Waals surface area contributed by atoms with Crippen LogP contribution in [0.1, 0.15) is 18.4 Å². The lowest BCUT2D eigenvalue weighted by Crippen LogP contribution is -2.53. The molecule has 0 unspecified atom stereocenters. The first-order chi connectivity index (χ1) is 10.5. The molecule has 22 heavy (non-hydrogen) atoms. The van der Waals surface area contributed by atoms with Crippen molar-refractivity contribution in [1.82, 2.24) is 14.5 Å². The predicted molar refractivity (Wildman–Crippen MR) is 83.1 cm³/mol. The van der Waals surface area contributed by atoms with E-state index in [1.165, 1.54) is 25.0 Å². The number of nitrogens with one attached hydrogen (secondary N) is 1. The van der Waals surface area contributed by atoms with E-state index in [4.69, 9.17) is 0 Å². The molecule has 1 saturated heterocycles. The number of urea groups is 1. The van der Waals surface area contributed by atoms with Gasteiger partial charge in [-0.3, -0.25) is 4.90 Å². The first-order valence-corrected chi connectivity index (χ1v) is 9.06. The van der Waals surface area contributed by atoms with E-state index in [0.717, 1.165) is 18.7 Å². The van der Waals surface area contributed by atoms with Gasteiger partial charge >= 0.3 is 6.03 Å². The predicted octanol–water partition coefficient (Wildman–Crippen LogP) is 1.17. The molecule has 0 spiro atoms. The molecule has 2 amide bonds. The highest BCUT2D eigenvalue weighted by Gasteiger charge is 2.33. The van der Waals surface area contributed by atoms with Crippen molar-refractivity contribution in [3.8, 4) is 0 Å². The van der Waals surface area contributed by atoms with Gasteiger partial charge in [0, 0.05) is 32.2 Å². The number of amides is 2. The fraction of sp³-hybridized carbons (Fsp3) is 0.533. The Kier molecular flexibility index (Phi) is 4.10. The highest BCUT2D eigenvalue weighted by Crippen LogP contribution is 2.27. The van der Waals surface area contributed by atoms with Gasteiger partial charge in [-0.2, -0.15) is 0 Å². The Bertz CT molecular complexity index is 645. The average Bonchev–Trinajstić information content (AvgIpc) is 3.32. The number of hydrogen-bond acceptors (Lipinski definition) is 4. The molecule has 1 aliphatic heterocycles. The van der Waals surface area contributed by atoms with Crippen molar-refractivity contribution >= 4 is 16.1 Å². The molecule has 2 fully saturated rings. The molecule has 3 rings (SSSR count). The molecule has 0 bridgehead atoms. The normalized spacial score (nSPS) is 20.0. The van der Waals surface area contributed by atoms with Gasteiger partial charge in [0.15, 0.2) is 0 Å². The molecule has 2 aliphatic rings. The van der Waals surface area contributed by atoms with Gasteiger partial charge in [-0.05, 0) is 31.9 Å². The SMILES string of the molecule is Cc1ccc(S(=O)(=O)NC(=O)N2CCN(C3CC3)CC2)cc1. The molecule has 1 aromatic rings. The van der Waals surface area contributed by atoms with E-state index in [2.05, 4.69) is 9.62 Å². The molecule has 7 heteroatoms. The summed E-state index contributed by atoms with van der Waals surface area (Å²) in [6, 6.07) is 6.60. The lowest BCUT2D eigenvalue weighted by atomic mass is 10.2. The van der Waals surface area contributed by atoms with Crippen molar-refractivity contribution in [3.63, 3.8) is 0 Å². The van der Waals surface area contributed by atoms with Crippen molar-refractivity contribution in [2.24, 2.45) is 0 Å². The van der Waals surface area contributed by atoms with Gasteiger partial charge in [0.25, 0.3) is 10.0 Å². The number of aryl methyl sites for hydroxylation is 1. The standard InChI is InChI=1S/C15H21N3O3S/c1-12-2-6-14(7-3-12)22(20,21)16-15(19)18-10-8-17(9-11-18)13-4-5-13/h2-3,6-7,13H,4-5,8-11H2,1H3,(H,16,19). The van der Waals surface area contributed by atoms with Gasteiger partial charge in [-0.15, -0.1) is 0 Å². The molecule has 120 valence electrons. The Morgan fingerprint density at radius 1 is 1.09 bits per heavy atom. The van der Waals surface area contributed by atoms with Crippen LogP contribution < -0.4 is 4.72 Å². The number of hydrogen-bond donors (Lipinski definition) is 1.